The van der Waals surface area contributed by atoms with Crippen LogP contribution in [0.3, 0.4) is 0 Å². The SMILES string of the molecule is C1=COCC1.OC1COC(O)CO1. The second-order valence-corrected chi connectivity index (χ2v) is 2.61. The first-order valence-electron chi connectivity index (χ1n) is 4.15. The summed E-state index contributed by atoms with van der Waals surface area (Å²) in [6.07, 6.45) is 3.12. The van der Waals surface area contributed by atoms with Gasteiger partial charge in [-0.3, -0.25) is 0 Å². The third kappa shape index (κ3) is 4.84. The van der Waals surface area contributed by atoms with Gasteiger partial charge in [0.25, 0.3) is 0 Å². The fourth-order valence-electron chi connectivity index (χ4n) is 0.823. The molecule has 1 fully saturated rings. The molecule has 0 aromatic heterocycles. The van der Waals surface area contributed by atoms with Gasteiger partial charge in [0.15, 0.2) is 12.6 Å². The first kappa shape index (κ1) is 10.5. The number of ether oxygens (including phenoxy) is 3. The second-order valence-electron chi connectivity index (χ2n) is 2.61. The molecular formula is C8H14O5. The van der Waals surface area contributed by atoms with Crippen molar-refractivity contribution in [3.05, 3.63) is 12.3 Å². The Morgan fingerprint density at radius 1 is 1.08 bits per heavy atom. The minimum absolute atomic E-state index is 0.0567. The van der Waals surface area contributed by atoms with Crippen LogP contribution in [0.15, 0.2) is 12.3 Å². The number of aliphatic hydroxyl groups excluding tert-OH is 2. The molecule has 0 spiro atoms. The van der Waals surface area contributed by atoms with E-state index in [0.717, 1.165) is 13.0 Å². The van der Waals surface area contributed by atoms with Crippen LogP contribution in [0.1, 0.15) is 6.42 Å². The number of aliphatic hydroxyl groups is 2. The van der Waals surface area contributed by atoms with E-state index >= 15 is 0 Å². The molecule has 76 valence electrons. The summed E-state index contributed by atoms with van der Waals surface area (Å²) in [5.74, 6) is 0. The normalized spacial score (nSPS) is 31.8. The monoisotopic (exact) mass is 190 g/mol. The molecule has 2 heterocycles. The minimum Gasteiger partial charge on any atom is -0.501 e. The van der Waals surface area contributed by atoms with Gasteiger partial charge in [0, 0.05) is 6.42 Å². The first-order chi connectivity index (χ1) is 6.29. The van der Waals surface area contributed by atoms with Crippen LogP contribution in [0.4, 0.5) is 0 Å². The number of rotatable bonds is 0. The van der Waals surface area contributed by atoms with E-state index < -0.39 is 12.6 Å². The Balaban J connectivity index is 0.000000145. The lowest BCUT2D eigenvalue weighted by Crippen LogP contribution is -2.34. The van der Waals surface area contributed by atoms with Crippen LogP contribution in [0.5, 0.6) is 0 Å². The van der Waals surface area contributed by atoms with Crippen molar-refractivity contribution in [2.45, 2.75) is 19.0 Å². The summed E-state index contributed by atoms with van der Waals surface area (Å²) in [4.78, 5) is 0. The van der Waals surface area contributed by atoms with Crippen molar-refractivity contribution in [3.8, 4) is 0 Å². The third-order valence-electron chi connectivity index (χ3n) is 1.46. The second kappa shape index (κ2) is 5.93. The topological polar surface area (TPSA) is 68.2 Å². The highest BCUT2D eigenvalue weighted by Gasteiger charge is 2.16. The van der Waals surface area contributed by atoms with E-state index in [4.69, 9.17) is 14.9 Å². The van der Waals surface area contributed by atoms with E-state index in [1.54, 1.807) is 6.26 Å². The maximum Gasteiger partial charge on any atom is 0.178 e. The molecule has 0 saturated carbocycles. The number of hydrogen-bond donors (Lipinski definition) is 2. The standard InChI is InChI=1S/C4H8O4.C4H6O/c5-3-1-7-4(6)2-8-3;1-2-4-5-3-1/h3-6H,1-2H2;1,3H,2,4H2. The molecular weight excluding hydrogens is 176 g/mol. The predicted octanol–water partition coefficient (Wildman–Crippen LogP) is -0.410. The van der Waals surface area contributed by atoms with Crippen molar-refractivity contribution in [3.63, 3.8) is 0 Å². The van der Waals surface area contributed by atoms with Crippen LogP contribution < -0.4 is 0 Å². The lowest BCUT2D eigenvalue weighted by atomic mass is 10.5. The molecule has 0 aromatic carbocycles. The van der Waals surface area contributed by atoms with Crippen LogP contribution in [0.2, 0.25) is 0 Å². The van der Waals surface area contributed by atoms with Crippen LogP contribution in [0, 0.1) is 0 Å². The van der Waals surface area contributed by atoms with Gasteiger partial charge in [-0.15, -0.1) is 0 Å². The smallest absolute Gasteiger partial charge is 0.178 e. The molecule has 2 aliphatic heterocycles. The molecule has 2 rings (SSSR count). The molecule has 1 saturated heterocycles. The molecule has 0 amide bonds. The molecule has 13 heavy (non-hydrogen) atoms. The van der Waals surface area contributed by atoms with E-state index in [-0.39, 0.29) is 13.2 Å². The van der Waals surface area contributed by atoms with Crippen LogP contribution in [-0.2, 0) is 14.2 Å². The zero-order valence-corrected chi connectivity index (χ0v) is 7.26. The quantitative estimate of drug-likeness (QED) is 0.543. The van der Waals surface area contributed by atoms with E-state index in [1.807, 2.05) is 6.08 Å². The van der Waals surface area contributed by atoms with Gasteiger partial charge in [0.1, 0.15) is 13.2 Å². The van der Waals surface area contributed by atoms with Crippen molar-refractivity contribution >= 4 is 0 Å². The Labute approximate surface area is 76.5 Å². The van der Waals surface area contributed by atoms with Crippen LogP contribution in [-0.4, -0.2) is 42.6 Å². The number of hydrogen-bond acceptors (Lipinski definition) is 5. The van der Waals surface area contributed by atoms with E-state index in [1.165, 1.54) is 0 Å². The Hall–Kier alpha value is -0.620. The fourth-order valence-corrected chi connectivity index (χ4v) is 0.823. The van der Waals surface area contributed by atoms with Gasteiger partial charge in [-0.05, 0) is 6.08 Å². The lowest BCUT2D eigenvalue weighted by molar-refractivity contribution is -0.263. The largest absolute Gasteiger partial charge is 0.501 e. The predicted molar refractivity (Wildman–Crippen MR) is 43.6 cm³/mol. The highest BCUT2D eigenvalue weighted by molar-refractivity contribution is 4.78. The summed E-state index contributed by atoms with van der Waals surface area (Å²) in [6.45, 7) is 1.00. The van der Waals surface area contributed by atoms with Gasteiger partial charge in [0.2, 0.25) is 0 Å². The summed E-state index contributed by atoms with van der Waals surface area (Å²) < 4.78 is 13.9. The molecule has 2 unspecified atom stereocenters. The molecule has 0 bridgehead atoms. The maximum absolute atomic E-state index is 8.57. The Morgan fingerprint density at radius 2 is 1.69 bits per heavy atom. The Bertz CT molecular complexity index is 135. The average molecular weight is 190 g/mol. The van der Waals surface area contributed by atoms with Crippen molar-refractivity contribution in [1.29, 1.82) is 0 Å². The Morgan fingerprint density at radius 3 is 1.92 bits per heavy atom. The third-order valence-corrected chi connectivity index (χ3v) is 1.46. The van der Waals surface area contributed by atoms with Gasteiger partial charge in [0.05, 0.1) is 12.9 Å². The zero-order valence-electron chi connectivity index (χ0n) is 7.26. The lowest BCUT2D eigenvalue weighted by Gasteiger charge is -2.22. The van der Waals surface area contributed by atoms with E-state index in [0.29, 0.717) is 0 Å². The van der Waals surface area contributed by atoms with Gasteiger partial charge in [-0.1, -0.05) is 0 Å². The van der Waals surface area contributed by atoms with Gasteiger partial charge < -0.3 is 24.4 Å². The molecule has 0 aliphatic carbocycles. The van der Waals surface area contributed by atoms with Crippen LogP contribution >= 0.6 is 0 Å². The summed E-state index contributed by atoms with van der Waals surface area (Å²) in [5.41, 5.74) is 0. The summed E-state index contributed by atoms with van der Waals surface area (Å²) in [6, 6.07) is 0. The summed E-state index contributed by atoms with van der Waals surface area (Å²) >= 11 is 0. The van der Waals surface area contributed by atoms with Gasteiger partial charge >= 0.3 is 0 Å². The maximum atomic E-state index is 8.57. The molecule has 5 nitrogen and oxygen atoms in total. The summed E-state index contributed by atoms with van der Waals surface area (Å²) in [7, 11) is 0. The molecule has 0 radical (unpaired) electrons. The first-order valence-corrected chi connectivity index (χ1v) is 4.15. The van der Waals surface area contributed by atoms with Crippen LogP contribution in [0.25, 0.3) is 0 Å². The van der Waals surface area contributed by atoms with Crippen molar-refractivity contribution in [2.24, 2.45) is 0 Å². The highest BCUT2D eigenvalue weighted by Crippen LogP contribution is 2.00. The van der Waals surface area contributed by atoms with Gasteiger partial charge in [-0.2, -0.15) is 0 Å². The van der Waals surface area contributed by atoms with Crippen molar-refractivity contribution in [1.82, 2.24) is 0 Å². The molecule has 2 atom stereocenters. The fraction of sp³-hybridized carbons (Fsp3) is 0.750. The van der Waals surface area contributed by atoms with Crippen molar-refractivity contribution in [2.75, 3.05) is 19.8 Å². The van der Waals surface area contributed by atoms with Crippen molar-refractivity contribution < 1.29 is 24.4 Å². The molecule has 2 aliphatic rings. The molecule has 0 aromatic rings. The van der Waals surface area contributed by atoms with E-state index in [9.17, 15) is 0 Å². The van der Waals surface area contributed by atoms with Gasteiger partial charge in [-0.25, -0.2) is 0 Å². The zero-order chi connectivity index (χ0) is 9.52. The summed E-state index contributed by atoms with van der Waals surface area (Å²) in [5, 5.41) is 17.1. The molecule has 2 N–H and O–H groups in total. The minimum atomic E-state index is -0.863. The Kier molecular flexibility index (Phi) is 4.77. The van der Waals surface area contributed by atoms with E-state index in [2.05, 4.69) is 9.47 Å². The average Bonchev–Trinajstić information content (AvgIpc) is 2.68. The molecule has 5 heteroatoms. The highest BCUT2D eigenvalue weighted by atomic mass is 16.7.